The van der Waals surface area contributed by atoms with Crippen molar-refractivity contribution in [3.63, 3.8) is 0 Å². The number of pyridine rings is 1. The van der Waals surface area contributed by atoms with E-state index in [1.165, 1.54) is 5.01 Å². The fraction of sp³-hybridized carbons (Fsp3) is 0.222. The number of aliphatic imine (C=N–C) groups is 1. The smallest absolute Gasteiger partial charge is 0.288 e. The van der Waals surface area contributed by atoms with Crippen molar-refractivity contribution >= 4 is 23.3 Å². The first-order valence-electron chi connectivity index (χ1n) is 7.99. The van der Waals surface area contributed by atoms with Gasteiger partial charge in [0.05, 0.1) is 17.9 Å². The van der Waals surface area contributed by atoms with Crippen molar-refractivity contribution in [2.24, 2.45) is 4.99 Å². The van der Waals surface area contributed by atoms with E-state index in [1.54, 1.807) is 19.1 Å². The van der Waals surface area contributed by atoms with Crippen molar-refractivity contribution in [3.8, 4) is 0 Å². The van der Waals surface area contributed by atoms with E-state index in [0.717, 1.165) is 11.4 Å². The third-order valence-corrected chi connectivity index (χ3v) is 3.72. The third-order valence-electron chi connectivity index (χ3n) is 3.72. The predicted octanol–water partition coefficient (Wildman–Crippen LogP) is 1.34. The first kappa shape index (κ1) is 16.6. The normalized spacial score (nSPS) is 16.9. The number of aromatic nitrogens is 1. The Bertz CT molecular complexity index is 819. The van der Waals surface area contributed by atoms with E-state index in [4.69, 9.17) is 0 Å². The van der Waals surface area contributed by atoms with Gasteiger partial charge in [0.25, 0.3) is 11.8 Å². The van der Waals surface area contributed by atoms with E-state index in [1.807, 2.05) is 43.3 Å². The van der Waals surface area contributed by atoms with Crippen LogP contribution in [0.1, 0.15) is 18.3 Å². The lowest BCUT2D eigenvalue weighted by molar-refractivity contribution is -0.120. The largest absolute Gasteiger partial charge is 0.344 e. The number of aryl methyl sites for hydroxylation is 1. The molecule has 1 atom stereocenters. The van der Waals surface area contributed by atoms with Gasteiger partial charge in [0.15, 0.2) is 0 Å². The monoisotopic (exact) mass is 337 g/mol. The van der Waals surface area contributed by atoms with Crippen LogP contribution in [0.25, 0.3) is 0 Å². The molecule has 2 N–H and O–H groups in total. The number of hydrogen-bond acceptors (Lipinski definition) is 5. The van der Waals surface area contributed by atoms with Gasteiger partial charge in [-0.25, -0.2) is 10.0 Å². The van der Waals surface area contributed by atoms with Crippen molar-refractivity contribution in [2.45, 2.75) is 26.4 Å². The van der Waals surface area contributed by atoms with Gasteiger partial charge in [0.1, 0.15) is 6.04 Å². The van der Waals surface area contributed by atoms with Crippen LogP contribution >= 0.6 is 0 Å². The van der Waals surface area contributed by atoms with Crippen LogP contribution in [0.3, 0.4) is 0 Å². The Labute approximate surface area is 145 Å². The number of anilines is 1. The third kappa shape index (κ3) is 3.82. The number of amides is 2. The highest BCUT2D eigenvalue weighted by Gasteiger charge is 2.30. The van der Waals surface area contributed by atoms with E-state index in [2.05, 4.69) is 20.7 Å². The van der Waals surface area contributed by atoms with Gasteiger partial charge in [-0.3, -0.25) is 20.0 Å². The zero-order valence-corrected chi connectivity index (χ0v) is 14.1. The molecule has 3 rings (SSSR count). The standard InChI is InChI=1S/C18H19N5O2/c1-12-7-6-8-14(20-12)11-19-17(24)16-21-13(2)18(25)23(22-16)15-9-4-3-5-10-15/h3-10,13H,11H2,1-2H3,(H,19,24)(H,21,22). The average molecular weight is 337 g/mol. The van der Waals surface area contributed by atoms with E-state index in [0.29, 0.717) is 5.69 Å². The van der Waals surface area contributed by atoms with Gasteiger partial charge in [0, 0.05) is 5.69 Å². The van der Waals surface area contributed by atoms with E-state index >= 15 is 0 Å². The van der Waals surface area contributed by atoms with Crippen LogP contribution in [-0.2, 0) is 16.1 Å². The van der Waals surface area contributed by atoms with Crippen molar-refractivity contribution in [2.75, 3.05) is 5.01 Å². The molecule has 2 heterocycles. The molecule has 2 amide bonds. The van der Waals surface area contributed by atoms with Crippen LogP contribution in [0.15, 0.2) is 53.5 Å². The lowest BCUT2D eigenvalue weighted by Gasteiger charge is -2.30. The second kappa shape index (κ2) is 7.12. The fourth-order valence-electron chi connectivity index (χ4n) is 2.46. The number of nitrogens with zero attached hydrogens (tertiary/aromatic N) is 3. The molecule has 1 aromatic heterocycles. The van der Waals surface area contributed by atoms with Gasteiger partial charge in [-0.05, 0) is 38.1 Å². The summed E-state index contributed by atoms with van der Waals surface area (Å²) in [7, 11) is 0. The summed E-state index contributed by atoms with van der Waals surface area (Å²) in [6, 6.07) is 14.1. The molecule has 0 aliphatic carbocycles. The number of hydrazine groups is 1. The van der Waals surface area contributed by atoms with Gasteiger partial charge in [-0.1, -0.05) is 24.3 Å². The maximum absolute atomic E-state index is 12.4. The molecule has 1 aliphatic rings. The van der Waals surface area contributed by atoms with Crippen LogP contribution in [0, 0.1) is 6.92 Å². The molecule has 7 nitrogen and oxygen atoms in total. The summed E-state index contributed by atoms with van der Waals surface area (Å²) in [4.78, 5) is 33.2. The summed E-state index contributed by atoms with van der Waals surface area (Å²) in [5.74, 6) is -0.504. The molecule has 1 aliphatic heterocycles. The van der Waals surface area contributed by atoms with Crippen molar-refractivity contribution in [1.29, 1.82) is 0 Å². The molecule has 2 aromatic rings. The number of carbonyl (C=O) groups excluding carboxylic acids is 2. The van der Waals surface area contributed by atoms with Crippen LogP contribution < -0.4 is 15.8 Å². The molecule has 1 unspecified atom stereocenters. The maximum atomic E-state index is 12.4. The summed E-state index contributed by atoms with van der Waals surface area (Å²) < 4.78 is 0. The minimum atomic E-state index is -0.640. The van der Waals surface area contributed by atoms with Gasteiger partial charge in [0.2, 0.25) is 5.84 Å². The molecule has 0 saturated heterocycles. The lowest BCUT2D eigenvalue weighted by atomic mass is 10.2. The number of rotatable bonds is 4. The molecule has 0 bridgehead atoms. The molecular weight excluding hydrogens is 318 g/mol. The fourth-order valence-corrected chi connectivity index (χ4v) is 2.46. The number of nitrogens with one attached hydrogen (secondary N) is 2. The van der Waals surface area contributed by atoms with Crippen LogP contribution in [0.2, 0.25) is 0 Å². The minimum absolute atomic E-state index is 0.101. The average Bonchev–Trinajstić information content (AvgIpc) is 2.62. The van der Waals surface area contributed by atoms with Crippen molar-refractivity contribution in [1.82, 2.24) is 15.7 Å². The van der Waals surface area contributed by atoms with Crippen LogP contribution in [0.5, 0.6) is 0 Å². The molecule has 0 radical (unpaired) electrons. The Balaban J connectivity index is 1.71. The van der Waals surface area contributed by atoms with E-state index in [-0.39, 0.29) is 24.2 Å². The molecule has 1 aromatic carbocycles. The first-order valence-corrected chi connectivity index (χ1v) is 7.99. The Morgan fingerprint density at radius 1 is 1.20 bits per heavy atom. The molecular formula is C18H19N5O2. The second-order valence-corrected chi connectivity index (χ2v) is 5.73. The Kier molecular flexibility index (Phi) is 4.74. The number of benzene rings is 1. The summed E-state index contributed by atoms with van der Waals surface area (Å²) in [5.41, 5.74) is 5.09. The maximum Gasteiger partial charge on any atom is 0.288 e. The minimum Gasteiger partial charge on any atom is -0.344 e. The number of amidine groups is 1. The topological polar surface area (TPSA) is 86.7 Å². The zero-order valence-electron chi connectivity index (χ0n) is 14.1. The van der Waals surface area contributed by atoms with E-state index in [9.17, 15) is 9.59 Å². The molecule has 0 spiro atoms. The van der Waals surface area contributed by atoms with Crippen LogP contribution in [0.4, 0.5) is 5.69 Å². The quantitative estimate of drug-likeness (QED) is 0.881. The highest BCUT2D eigenvalue weighted by molar-refractivity contribution is 6.39. The Hall–Kier alpha value is -3.22. The van der Waals surface area contributed by atoms with Gasteiger partial charge in [-0.15, -0.1) is 0 Å². The van der Waals surface area contributed by atoms with Gasteiger partial charge >= 0.3 is 0 Å². The molecule has 0 fully saturated rings. The van der Waals surface area contributed by atoms with Gasteiger partial charge < -0.3 is 5.32 Å². The number of para-hydroxylation sites is 1. The molecule has 25 heavy (non-hydrogen) atoms. The molecule has 0 saturated carbocycles. The predicted molar refractivity (Wildman–Crippen MR) is 94.8 cm³/mol. The number of hydrogen-bond donors (Lipinski definition) is 2. The Morgan fingerprint density at radius 3 is 2.68 bits per heavy atom. The van der Waals surface area contributed by atoms with Crippen LogP contribution in [-0.4, -0.2) is 28.7 Å². The van der Waals surface area contributed by atoms with Crippen molar-refractivity contribution < 1.29 is 9.59 Å². The lowest BCUT2D eigenvalue weighted by Crippen LogP contribution is -2.57. The SMILES string of the molecule is Cc1cccc(CNC(=O)C2=NC(C)C(=O)N(c3ccccc3)N2)n1. The molecule has 7 heteroatoms. The molecule has 128 valence electrons. The Morgan fingerprint density at radius 2 is 1.96 bits per heavy atom. The first-order chi connectivity index (χ1) is 12.0. The highest BCUT2D eigenvalue weighted by Crippen LogP contribution is 2.15. The summed E-state index contributed by atoms with van der Waals surface area (Å²) >= 11 is 0. The van der Waals surface area contributed by atoms with Crippen molar-refractivity contribution in [3.05, 3.63) is 59.9 Å². The van der Waals surface area contributed by atoms with Gasteiger partial charge in [-0.2, -0.15) is 0 Å². The zero-order chi connectivity index (χ0) is 17.8. The highest BCUT2D eigenvalue weighted by atomic mass is 16.2. The number of carbonyl (C=O) groups is 2. The summed E-state index contributed by atoms with van der Waals surface area (Å²) in [6.45, 7) is 3.84. The van der Waals surface area contributed by atoms with E-state index < -0.39 is 6.04 Å². The summed E-state index contributed by atoms with van der Waals surface area (Å²) in [5, 5.41) is 4.12. The second-order valence-electron chi connectivity index (χ2n) is 5.73. The summed E-state index contributed by atoms with van der Waals surface area (Å²) in [6.07, 6.45) is 0.